The van der Waals surface area contributed by atoms with Crippen molar-refractivity contribution >= 4 is 6.03 Å². The van der Waals surface area contributed by atoms with Crippen molar-refractivity contribution in [2.45, 2.75) is 70.9 Å². The first kappa shape index (κ1) is 19.3. The zero-order valence-electron chi connectivity index (χ0n) is 16.4. The van der Waals surface area contributed by atoms with Crippen LogP contribution in [0.5, 0.6) is 0 Å². The lowest BCUT2D eigenvalue weighted by molar-refractivity contribution is 0.145. The van der Waals surface area contributed by atoms with E-state index in [2.05, 4.69) is 20.4 Å². The monoisotopic (exact) mass is 371 g/mol. The van der Waals surface area contributed by atoms with Crippen LogP contribution in [0.4, 0.5) is 4.79 Å². The fraction of sp³-hybridized carbons (Fsp3) is 0.600. The molecule has 2 aromatic heterocycles. The summed E-state index contributed by atoms with van der Waals surface area (Å²) in [4.78, 5) is 23.4. The molecular formula is C20H29N5O2. The number of piperidine rings is 1. The van der Waals surface area contributed by atoms with E-state index >= 15 is 0 Å². The van der Waals surface area contributed by atoms with Gasteiger partial charge >= 0.3 is 6.03 Å². The minimum Gasteiger partial charge on any atom is -0.337 e. The van der Waals surface area contributed by atoms with Gasteiger partial charge in [-0.25, -0.2) is 4.79 Å². The third-order valence-corrected chi connectivity index (χ3v) is 4.88. The van der Waals surface area contributed by atoms with E-state index in [0.29, 0.717) is 11.7 Å². The van der Waals surface area contributed by atoms with Gasteiger partial charge in [-0.05, 0) is 44.2 Å². The molecular weight excluding hydrogens is 342 g/mol. The van der Waals surface area contributed by atoms with Gasteiger partial charge in [0.25, 0.3) is 0 Å². The number of hydrogen-bond acceptors (Lipinski definition) is 5. The van der Waals surface area contributed by atoms with Crippen molar-refractivity contribution in [3.8, 4) is 0 Å². The number of likely N-dealkylation sites (tertiary alicyclic amines) is 1. The third kappa shape index (κ3) is 5.28. The molecule has 0 bridgehead atoms. The summed E-state index contributed by atoms with van der Waals surface area (Å²) in [7, 11) is 0. The second-order valence-electron chi connectivity index (χ2n) is 8.12. The van der Waals surface area contributed by atoms with Crippen LogP contribution >= 0.6 is 0 Å². The van der Waals surface area contributed by atoms with E-state index in [1.54, 1.807) is 0 Å². The Bertz CT molecular complexity index is 738. The molecule has 3 heterocycles. The Hall–Kier alpha value is -2.44. The van der Waals surface area contributed by atoms with Crippen molar-refractivity contribution in [2.24, 2.45) is 0 Å². The predicted molar refractivity (Wildman–Crippen MR) is 102 cm³/mol. The molecule has 1 fully saturated rings. The summed E-state index contributed by atoms with van der Waals surface area (Å²) in [5.41, 5.74) is 0.902. The number of rotatable bonds is 5. The molecule has 7 nitrogen and oxygen atoms in total. The molecule has 146 valence electrons. The second-order valence-corrected chi connectivity index (χ2v) is 8.12. The van der Waals surface area contributed by atoms with Crippen molar-refractivity contribution in [3.05, 3.63) is 41.8 Å². The summed E-state index contributed by atoms with van der Waals surface area (Å²) in [5, 5.41) is 6.93. The fourth-order valence-corrected chi connectivity index (χ4v) is 3.31. The van der Waals surface area contributed by atoms with Gasteiger partial charge in [0.05, 0.1) is 6.54 Å². The lowest BCUT2D eigenvalue weighted by Gasteiger charge is -2.35. The molecule has 3 rings (SSSR count). The van der Waals surface area contributed by atoms with E-state index < -0.39 is 0 Å². The van der Waals surface area contributed by atoms with Crippen molar-refractivity contribution in [1.29, 1.82) is 0 Å². The number of aryl methyl sites for hydroxylation is 1. The Morgan fingerprint density at radius 1 is 1.33 bits per heavy atom. The first-order chi connectivity index (χ1) is 12.9. The Kier molecular flexibility index (Phi) is 6.08. The van der Waals surface area contributed by atoms with Gasteiger partial charge in [0.15, 0.2) is 5.82 Å². The number of carbonyl (C=O) groups is 1. The zero-order chi connectivity index (χ0) is 19.3. The van der Waals surface area contributed by atoms with Crippen LogP contribution in [0.15, 0.2) is 28.9 Å². The van der Waals surface area contributed by atoms with Crippen LogP contribution in [-0.2, 0) is 18.4 Å². The Morgan fingerprint density at radius 3 is 2.89 bits per heavy atom. The van der Waals surface area contributed by atoms with E-state index in [4.69, 9.17) is 4.52 Å². The van der Waals surface area contributed by atoms with E-state index in [1.807, 2.05) is 50.1 Å². The Morgan fingerprint density at radius 2 is 2.19 bits per heavy atom. The van der Waals surface area contributed by atoms with Crippen LogP contribution in [0.25, 0.3) is 0 Å². The summed E-state index contributed by atoms with van der Waals surface area (Å²) in [6.07, 6.45) is 6.87. The standard InChI is InChI=1S/C20H29N5O2/c1-20(2,3)18-23-17(27-24-18)14-22-19(26)25-13-7-5-9-16(25)11-10-15-8-4-6-12-21-15/h4,6,8,12,16H,5,7,9-11,13-14H2,1-3H3,(H,22,26)/t16-/m0/s1. The van der Waals surface area contributed by atoms with Crippen LogP contribution in [0, 0.1) is 0 Å². The Labute approximate surface area is 160 Å². The molecule has 27 heavy (non-hydrogen) atoms. The molecule has 1 N–H and O–H groups in total. The molecule has 2 amide bonds. The lowest BCUT2D eigenvalue weighted by atomic mass is 9.96. The molecule has 1 aliphatic heterocycles. The van der Waals surface area contributed by atoms with E-state index in [1.165, 1.54) is 0 Å². The first-order valence-corrected chi connectivity index (χ1v) is 9.71. The average Bonchev–Trinajstić information content (AvgIpc) is 3.15. The number of nitrogens with zero attached hydrogens (tertiary/aromatic N) is 4. The van der Waals surface area contributed by atoms with Gasteiger partial charge < -0.3 is 14.7 Å². The van der Waals surface area contributed by atoms with Crippen LogP contribution in [0.1, 0.15) is 63.9 Å². The number of pyridine rings is 1. The molecule has 1 saturated heterocycles. The highest BCUT2D eigenvalue weighted by molar-refractivity contribution is 5.74. The van der Waals surface area contributed by atoms with Crippen LogP contribution in [-0.4, -0.2) is 38.6 Å². The molecule has 0 aromatic carbocycles. The second kappa shape index (κ2) is 8.50. The van der Waals surface area contributed by atoms with Crippen molar-refractivity contribution in [1.82, 2.24) is 25.3 Å². The zero-order valence-corrected chi connectivity index (χ0v) is 16.4. The quantitative estimate of drug-likeness (QED) is 0.870. The normalized spacial score (nSPS) is 17.7. The molecule has 1 atom stereocenters. The summed E-state index contributed by atoms with van der Waals surface area (Å²) >= 11 is 0. The maximum atomic E-state index is 12.7. The maximum Gasteiger partial charge on any atom is 0.318 e. The average molecular weight is 371 g/mol. The molecule has 7 heteroatoms. The number of aromatic nitrogens is 3. The topological polar surface area (TPSA) is 84.2 Å². The number of carbonyl (C=O) groups excluding carboxylic acids is 1. The van der Waals surface area contributed by atoms with E-state index in [-0.39, 0.29) is 24.0 Å². The molecule has 0 spiro atoms. The van der Waals surface area contributed by atoms with E-state index in [0.717, 1.165) is 44.3 Å². The molecule has 0 radical (unpaired) electrons. The largest absolute Gasteiger partial charge is 0.337 e. The third-order valence-electron chi connectivity index (χ3n) is 4.88. The predicted octanol–water partition coefficient (Wildman–Crippen LogP) is 3.46. The summed E-state index contributed by atoms with van der Waals surface area (Å²) in [6.45, 7) is 7.13. The van der Waals surface area contributed by atoms with Gasteiger partial charge in [-0.3, -0.25) is 4.98 Å². The van der Waals surface area contributed by atoms with Gasteiger partial charge in [0, 0.05) is 29.9 Å². The lowest BCUT2D eigenvalue weighted by Crippen LogP contribution is -2.48. The molecule has 0 unspecified atom stereocenters. The molecule has 0 saturated carbocycles. The first-order valence-electron chi connectivity index (χ1n) is 9.71. The minimum absolute atomic E-state index is 0.0590. The highest BCUT2D eigenvalue weighted by atomic mass is 16.5. The van der Waals surface area contributed by atoms with Crippen LogP contribution in [0.2, 0.25) is 0 Å². The van der Waals surface area contributed by atoms with Crippen molar-refractivity contribution in [2.75, 3.05) is 6.54 Å². The Balaban J connectivity index is 1.54. The maximum absolute atomic E-state index is 12.7. The van der Waals surface area contributed by atoms with E-state index in [9.17, 15) is 4.79 Å². The summed E-state index contributed by atoms with van der Waals surface area (Å²) in [6, 6.07) is 6.15. The number of hydrogen-bond donors (Lipinski definition) is 1. The van der Waals surface area contributed by atoms with Gasteiger partial charge in [-0.1, -0.05) is 32.0 Å². The van der Waals surface area contributed by atoms with Crippen molar-refractivity contribution in [3.63, 3.8) is 0 Å². The highest BCUT2D eigenvalue weighted by Gasteiger charge is 2.27. The van der Waals surface area contributed by atoms with Gasteiger partial charge in [-0.2, -0.15) is 4.98 Å². The molecule has 0 aliphatic carbocycles. The molecule has 1 aliphatic rings. The summed E-state index contributed by atoms with van der Waals surface area (Å²) < 4.78 is 5.26. The minimum atomic E-state index is -0.171. The smallest absolute Gasteiger partial charge is 0.318 e. The number of nitrogens with one attached hydrogen (secondary N) is 1. The van der Waals surface area contributed by atoms with Gasteiger partial charge in [0.2, 0.25) is 5.89 Å². The summed E-state index contributed by atoms with van der Waals surface area (Å²) in [5.74, 6) is 1.09. The van der Waals surface area contributed by atoms with Crippen LogP contribution < -0.4 is 5.32 Å². The highest BCUT2D eigenvalue weighted by Crippen LogP contribution is 2.22. The van der Waals surface area contributed by atoms with Crippen LogP contribution in [0.3, 0.4) is 0 Å². The number of amides is 2. The number of urea groups is 1. The van der Waals surface area contributed by atoms with Gasteiger partial charge in [-0.15, -0.1) is 0 Å². The fourth-order valence-electron chi connectivity index (χ4n) is 3.31. The van der Waals surface area contributed by atoms with Crippen molar-refractivity contribution < 1.29 is 9.32 Å². The SMILES string of the molecule is CC(C)(C)c1noc(CNC(=O)N2CCCC[C@H]2CCc2ccccn2)n1. The molecule has 2 aromatic rings. The van der Waals surface area contributed by atoms with Gasteiger partial charge in [0.1, 0.15) is 0 Å².